The van der Waals surface area contributed by atoms with Crippen LogP contribution < -0.4 is 5.56 Å². The predicted molar refractivity (Wildman–Crippen MR) is 116 cm³/mol. The lowest BCUT2D eigenvalue weighted by molar-refractivity contribution is -0.130. The normalized spacial score (nSPS) is 22.0. The molecule has 1 aliphatic carbocycles. The standard InChI is InChI=1S/C21H29N3O2S2/c1-4-8-24-20(26)18-15-6-5-7-16(15)28-19(18)22-21(24)27-12-17(25)23-10-13(2)9-14(3)11-23/h13-14H,4-12H2,1-3H3. The van der Waals surface area contributed by atoms with Crippen molar-refractivity contribution >= 4 is 39.2 Å². The highest BCUT2D eigenvalue weighted by Crippen LogP contribution is 2.35. The third-order valence-electron chi connectivity index (χ3n) is 5.78. The molecule has 7 heteroatoms. The Bertz CT molecular complexity index is 939. The summed E-state index contributed by atoms with van der Waals surface area (Å²) in [6, 6.07) is 0. The average Bonchev–Trinajstić information content (AvgIpc) is 3.22. The van der Waals surface area contributed by atoms with Crippen LogP contribution in [-0.4, -0.2) is 39.2 Å². The average molecular weight is 420 g/mol. The SMILES string of the molecule is CCCn1c(SCC(=O)N2CC(C)CC(C)C2)nc2sc3c(c2c1=O)CCC3. The summed E-state index contributed by atoms with van der Waals surface area (Å²) in [5.41, 5.74) is 1.31. The molecule has 1 aliphatic heterocycles. The number of carbonyl (C=O) groups is 1. The first kappa shape index (κ1) is 20.0. The summed E-state index contributed by atoms with van der Waals surface area (Å²) in [4.78, 5) is 35.0. The van der Waals surface area contributed by atoms with Gasteiger partial charge >= 0.3 is 0 Å². The van der Waals surface area contributed by atoms with Crippen molar-refractivity contribution in [2.75, 3.05) is 18.8 Å². The van der Waals surface area contributed by atoms with E-state index in [9.17, 15) is 9.59 Å². The first-order chi connectivity index (χ1) is 13.5. The zero-order chi connectivity index (χ0) is 19.8. The van der Waals surface area contributed by atoms with Crippen LogP contribution in [0.2, 0.25) is 0 Å². The van der Waals surface area contributed by atoms with Crippen molar-refractivity contribution in [3.8, 4) is 0 Å². The molecular weight excluding hydrogens is 390 g/mol. The third kappa shape index (κ3) is 3.75. The fourth-order valence-corrected chi connectivity index (χ4v) is 6.90. The molecule has 0 aromatic carbocycles. The summed E-state index contributed by atoms with van der Waals surface area (Å²) in [6.45, 7) is 8.84. The first-order valence-electron chi connectivity index (χ1n) is 10.4. The monoisotopic (exact) mass is 419 g/mol. The molecule has 28 heavy (non-hydrogen) atoms. The van der Waals surface area contributed by atoms with E-state index in [1.54, 1.807) is 15.9 Å². The lowest BCUT2D eigenvalue weighted by Crippen LogP contribution is -2.43. The van der Waals surface area contributed by atoms with Crippen LogP contribution in [0.4, 0.5) is 0 Å². The molecule has 0 saturated carbocycles. The zero-order valence-corrected chi connectivity index (χ0v) is 18.6. The molecule has 1 amide bonds. The number of hydrogen-bond acceptors (Lipinski definition) is 5. The molecule has 2 aromatic rings. The number of thiophene rings is 1. The minimum absolute atomic E-state index is 0.0846. The summed E-state index contributed by atoms with van der Waals surface area (Å²) in [6.07, 6.45) is 5.27. The van der Waals surface area contributed by atoms with E-state index < -0.39 is 0 Å². The van der Waals surface area contributed by atoms with Crippen LogP contribution in [0.1, 0.15) is 50.5 Å². The fraction of sp³-hybridized carbons (Fsp3) is 0.667. The topological polar surface area (TPSA) is 55.2 Å². The zero-order valence-electron chi connectivity index (χ0n) is 17.0. The van der Waals surface area contributed by atoms with Gasteiger partial charge in [0.1, 0.15) is 4.83 Å². The summed E-state index contributed by atoms with van der Waals surface area (Å²) in [5, 5.41) is 1.53. The van der Waals surface area contributed by atoms with Crippen LogP contribution in [0.15, 0.2) is 9.95 Å². The van der Waals surface area contributed by atoms with Crippen molar-refractivity contribution in [2.24, 2.45) is 11.8 Å². The molecule has 0 N–H and O–H groups in total. The Morgan fingerprint density at radius 1 is 1.25 bits per heavy atom. The van der Waals surface area contributed by atoms with E-state index >= 15 is 0 Å². The molecule has 0 bridgehead atoms. The highest BCUT2D eigenvalue weighted by atomic mass is 32.2. The lowest BCUT2D eigenvalue weighted by atomic mass is 9.92. The maximum Gasteiger partial charge on any atom is 0.263 e. The smallest absolute Gasteiger partial charge is 0.263 e. The summed E-state index contributed by atoms with van der Waals surface area (Å²) in [5.74, 6) is 1.62. The minimum atomic E-state index is 0.0846. The van der Waals surface area contributed by atoms with Gasteiger partial charge in [0, 0.05) is 24.5 Å². The quantitative estimate of drug-likeness (QED) is 0.544. The molecule has 0 radical (unpaired) electrons. The van der Waals surface area contributed by atoms with Crippen LogP contribution in [0.25, 0.3) is 10.2 Å². The van der Waals surface area contributed by atoms with E-state index in [2.05, 4.69) is 20.8 Å². The lowest BCUT2D eigenvalue weighted by Gasteiger charge is -2.35. The van der Waals surface area contributed by atoms with Crippen molar-refractivity contribution in [3.05, 3.63) is 20.8 Å². The Kier molecular flexibility index (Phi) is 5.83. The van der Waals surface area contributed by atoms with E-state index in [4.69, 9.17) is 4.98 Å². The van der Waals surface area contributed by atoms with Gasteiger partial charge in [0.2, 0.25) is 5.91 Å². The number of carbonyl (C=O) groups excluding carboxylic acids is 1. The maximum absolute atomic E-state index is 13.2. The number of aryl methyl sites for hydroxylation is 2. The van der Waals surface area contributed by atoms with Gasteiger partial charge in [0.25, 0.3) is 5.56 Å². The molecule has 152 valence electrons. The van der Waals surface area contributed by atoms with Crippen molar-refractivity contribution in [2.45, 2.75) is 64.6 Å². The molecular formula is C21H29N3O2S2. The van der Waals surface area contributed by atoms with Crippen molar-refractivity contribution in [1.82, 2.24) is 14.5 Å². The Morgan fingerprint density at radius 2 is 2.00 bits per heavy atom. The molecule has 5 nitrogen and oxygen atoms in total. The molecule has 2 unspecified atom stereocenters. The molecule has 2 aromatic heterocycles. The van der Waals surface area contributed by atoms with E-state index in [1.165, 1.54) is 28.6 Å². The number of amides is 1. The third-order valence-corrected chi connectivity index (χ3v) is 7.93. The van der Waals surface area contributed by atoms with E-state index in [-0.39, 0.29) is 11.5 Å². The number of likely N-dealkylation sites (tertiary alicyclic amines) is 1. The second kappa shape index (κ2) is 8.19. The van der Waals surface area contributed by atoms with Crippen molar-refractivity contribution < 1.29 is 4.79 Å². The first-order valence-corrected chi connectivity index (χ1v) is 12.2. The fourth-order valence-electron chi connectivity index (χ4n) is 4.67. The Labute approximate surface area is 174 Å². The van der Waals surface area contributed by atoms with Crippen molar-refractivity contribution in [1.29, 1.82) is 0 Å². The Morgan fingerprint density at radius 3 is 2.71 bits per heavy atom. The second-order valence-electron chi connectivity index (χ2n) is 8.42. The number of nitrogens with zero attached hydrogens (tertiary/aromatic N) is 3. The maximum atomic E-state index is 13.2. The second-order valence-corrected chi connectivity index (χ2v) is 10.4. The van der Waals surface area contributed by atoms with Gasteiger partial charge in [-0.2, -0.15) is 0 Å². The van der Waals surface area contributed by atoms with E-state index in [1.807, 2.05) is 4.90 Å². The highest BCUT2D eigenvalue weighted by Gasteiger charge is 2.27. The number of fused-ring (bicyclic) bond motifs is 3. The van der Waals surface area contributed by atoms with Gasteiger partial charge < -0.3 is 4.90 Å². The van der Waals surface area contributed by atoms with Crippen molar-refractivity contribution in [3.63, 3.8) is 0 Å². The van der Waals surface area contributed by atoms with Gasteiger partial charge in [0.05, 0.1) is 11.1 Å². The molecule has 1 saturated heterocycles. The van der Waals surface area contributed by atoms with Gasteiger partial charge in [-0.25, -0.2) is 4.98 Å². The Balaban J connectivity index is 1.58. The molecule has 0 spiro atoms. The number of hydrogen-bond donors (Lipinski definition) is 0. The van der Waals surface area contributed by atoms with Crippen LogP contribution in [0, 0.1) is 11.8 Å². The summed E-state index contributed by atoms with van der Waals surface area (Å²) in [7, 11) is 0. The van der Waals surface area contributed by atoms with Crippen LogP contribution in [0.3, 0.4) is 0 Å². The number of aromatic nitrogens is 2. The van der Waals surface area contributed by atoms with Gasteiger partial charge in [0.15, 0.2) is 5.16 Å². The van der Waals surface area contributed by atoms with Gasteiger partial charge in [-0.3, -0.25) is 14.2 Å². The minimum Gasteiger partial charge on any atom is -0.341 e. The van der Waals surface area contributed by atoms with E-state index in [0.717, 1.165) is 49.0 Å². The molecule has 2 atom stereocenters. The Hall–Kier alpha value is -1.34. The number of rotatable bonds is 5. The molecule has 2 aliphatic rings. The molecule has 1 fully saturated rings. The van der Waals surface area contributed by atoms with Gasteiger partial charge in [-0.1, -0.05) is 32.5 Å². The van der Waals surface area contributed by atoms with E-state index in [0.29, 0.717) is 29.3 Å². The summed E-state index contributed by atoms with van der Waals surface area (Å²) >= 11 is 3.10. The largest absolute Gasteiger partial charge is 0.341 e. The van der Waals surface area contributed by atoms with Crippen LogP contribution >= 0.6 is 23.1 Å². The predicted octanol–water partition coefficient (Wildman–Crippen LogP) is 3.95. The summed E-state index contributed by atoms with van der Waals surface area (Å²) < 4.78 is 1.80. The molecule has 4 rings (SSSR count). The number of piperidine rings is 1. The van der Waals surface area contributed by atoms with Crippen LogP contribution in [-0.2, 0) is 24.2 Å². The van der Waals surface area contributed by atoms with Gasteiger partial charge in [-0.05, 0) is 49.5 Å². The highest BCUT2D eigenvalue weighted by molar-refractivity contribution is 7.99. The van der Waals surface area contributed by atoms with Gasteiger partial charge in [-0.15, -0.1) is 11.3 Å². The molecule has 3 heterocycles. The van der Waals surface area contributed by atoms with Crippen LogP contribution in [0.5, 0.6) is 0 Å². The number of thioether (sulfide) groups is 1.